The zero-order valence-electron chi connectivity index (χ0n) is 8.99. The van der Waals surface area contributed by atoms with Crippen molar-refractivity contribution in [1.82, 2.24) is 10.2 Å². The van der Waals surface area contributed by atoms with Gasteiger partial charge in [0.2, 0.25) is 0 Å². The lowest BCUT2D eigenvalue weighted by atomic mass is 10.1. The van der Waals surface area contributed by atoms with E-state index in [9.17, 15) is 4.79 Å². The van der Waals surface area contributed by atoms with E-state index in [1.54, 1.807) is 0 Å². The molecule has 1 fully saturated rings. The number of rotatable bonds is 5. The predicted molar refractivity (Wildman–Crippen MR) is 55.2 cm³/mol. The molecule has 0 radical (unpaired) electrons. The van der Waals surface area contributed by atoms with Crippen molar-refractivity contribution in [3.05, 3.63) is 0 Å². The maximum Gasteiger partial charge on any atom is 0.152 e. The second-order valence-corrected chi connectivity index (χ2v) is 4.04. The van der Waals surface area contributed by atoms with E-state index >= 15 is 0 Å². The fourth-order valence-corrected chi connectivity index (χ4v) is 1.75. The lowest BCUT2D eigenvalue weighted by Crippen LogP contribution is -2.45. The first-order valence-corrected chi connectivity index (χ1v) is 5.26. The molecule has 0 amide bonds. The molecule has 4 heteroatoms. The number of Topliss-reactive ketones (excluding diaryl/α,β-unsaturated/α-hetero) is 1. The molecule has 0 aromatic rings. The lowest BCUT2D eigenvalue weighted by molar-refractivity contribution is -0.119. The normalized spacial score (nSPS) is 22.6. The van der Waals surface area contributed by atoms with Gasteiger partial charge in [-0.1, -0.05) is 0 Å². The van der Waals surface area contributed by atoms with E-state index in [4.69, 9.17) is 5.11 Å². The van der Waals surface area contributed by atoms with Crippen LogP contribution in [0.5, 0.6) is 0 Å². The third-order valence-corrected chi connectivity index (χ3v) is 2.69. The Bertz CT molecular complexity index is 195. The van der Waals surface area contributed by atoms with Crippen LogP contribution in [0.4, 0.5) is 0 Å². The van der Waals surface area contributed by atoms with Crippen molar-refractivity contribution >= 4 is 5.78 Å². The number of carbonyl (C=O) groups is 1. The van der Waals surface area contributed by atoms with Crippen LogP contribution < -0.4 is 5.32 Å². The molecule has 0 spiro atoms. The molecule has 1 heterocycles. The Morgan fingerprint density at radius 3 is 2.79 bits per heavy atom. The second kappa shape index (κ2) is 5.44. The highest BCUT2D eigenvalue weighted by Gasteiger charge is 2.26. The molecule has 0 saturated carbocycles. The first kappa shape index (κ1) is 11.6. The highest BCUT2D eigenvalue weighted by atomic mass is 16.3. The molecule has 1 aliphatic heterocycles. The first-order chi connectivity index (χ1) is 6.65. The number of aliphatic hydroxyl groups excluding tert-OH is 1. The number of carbonyl (C=O) groups excluding carboxylic acids is 1. The third-order valence-electron chi connectivity index (χ3n) is 2.69. The fraction of sp³-hybridized carbons (Fsp3) is 0.900. The van der Waals surface area contributed by atoms with Gasteiger partial charge in [0.05, 0.1) is 12.6 Å². The van der Waals surface area contributed by atoms with Crippen LogP contribution in [-0.2, 0) is 4.79 Å². The Morgan fingerprint density at radius 1 is 1.64 bits per heavy atom. The number of hydrogen-bond donors (Lipinski definition) is 2. The van der Waals surface area contributed by atoms with Crippen LogP contribution >= 0.6 is 0 Å². The molecule has 1 saturated heterocycles. The quantitative estimate of drug-likeness (QED) is 0.635. The van der Waals surface area contributed by atoms with Gasteiger partial charge in [-0.15, -0.1) is 0 Å². The Balaban J connectivity index is 2.41. The Morgan fingerprint density at radius 2 is 2.36 bits per heavy atom. The van der Waals surface area contributed by atoms with E-state index in [0.717, 1.165) is 13.1 Å². The third kappa shape index (κ3) is 3.04. The Hall–Kier alpha value is -0.450. The van der Waals surface area contributed by atoms with Gasteiger partial charge in [-0.2, -0.15) is 0 Å². The number of hydrogen-bond acceptors (Lipinski definition) is 4. The Labute approximate surface area is 85.3 Å². The molecule has 0 aromatic carbocycles. The number of ketones is 1. The Kier molecular flexibility index (Phi) is 4.51. The van der Waals surface area contributed by atoms with Gasteiger partial charge >= 0.3 is 0 Å². The molecule has 1 rings (SSSR count). The van der Waals surface area contributed by atoms with Crippen LogP contribution in [0.1, 0.15) is 20.3 Å². The largest absolute Gasteiger partial charge is 0.395 e. The van der Waals surface area contributed by atoms with Gasteiger partial charge in [0, 0.05) is 32.1 Å². The van der Waals surface area contributed by atoms with Crippen molar-refractivity contribution in [2.45, 2.75) is 32.4 Å². The van der Waals surface area contributed by atoms with E-state index in [0.29, 0.717) is 24.8 Å². The molecule has 1 atom stereocenters. The molecule has 0 aliphatic carbocycles. The monoisotopic (exact) mass is 200 g/mol. The summed E-state index contributed by atoms with van der Waals surface area (Å²) in [5.74, 6) is 0.300. The lowest BCUT2D eigenvalue weighted by Gasteiger charge is -2.27. The summed E-state index contributed by atoms with van der Waals surface area (Å²) in [6.07, 6.45) is 0.649. The van der Waals surface area contributed by atoms with Gasteiger partial charge < -0.3 is 10.4 Å². The summed E-state index contributed by atoms with van der Waals surface area (Å²) in [6, 6.07) is 0.348. The van der Waals surface area contributed by atoms with Gasteiger partial charge in [0.1, 0.15) is 0 Å². The topological polar surface area (TPSA) is 52.6 Å². The molecule has 4 nitrogen and oxygen atoms in total. The second-order valence-electron chi connectivity index (χ2n) is 4.04. The van der Waals surface area contributed by atoms with E-state index in [1.807, 2.05) is 0 Å². The van der Waals surface area contributed by atoms with E-state index in [1.165, 1.54) is 0 Å². The van der Waals surface area contributed by atoms with Crippen molar-refractivity contribution in [1.29, 1.82) is 0 Å². The predicted octanol–water partition coefficient (Wildman–Crippen LogP) is -0.380. The maximum absolute atomic E-state index is 11.4. The molecular formula is C10H20N2O2. The summed E-state index contributed by atoms with van der Waals surface area (Å²) in [4.78, 5) is 13.5. The molecule has 1 unspecified atom stereocenters. The fourth-order valence-electron chi connectivity index (χ4n) is 1.75. The molecule has 82 valence electrons. The highest BCUT2D eigenvalue weighted by molar-refractivity contribution is 5.86. The molecule has 2 N–H and O–H groups in total. The smallest absolute Gasteiger partial charge is 0.152 e. The van der Waals surface area contributed by atoms with Crippen molar-refractivity contribution in [2.75, 3.05) is 26.2 Å². The van der Waals surface area contributed by atoms with Crippen LogP contribution in [-0.4, -0.2) is 54.1 Å². The minimum absolute atomic E-state index is 0.0241. The first-order valence-electron chi connectivity index (χ1n) is 5.26. The standard InChI is InChI=1S/C10H20N2O2/c1-8(2)12(5-6-13)7-9-10(14)3-4-11-9/h8-9,11,13H,3-7H2,1-2H3. The minimum Gasteiger partial charge on any atom is -0.395 e. The summed E-state index contributed by atoms with van der Waals surface area (Å²) >= 11 is 0. The van der Waals surface area contributed by atoms with Crippen LogP contribution in [0, 0.1) is 0 Å². The summed E-state index contributed by atoms with van der Waals surface area (Å²) in [5, 5.41) is 12.1. The van der Waals surface area contributed by atoms with E-state index in [-0.39, 0.29) is 12.6 Å². The van der Waals surface area contributed by atoms with Crippen molar-refractivity contribution < 1.29 is 9.90 Å². The van der Waals surface area contributed by atoms with Crippen LogP contribution in [0.25, 0.3) is 0 Å². The van der Waals surface area contributed by atoms with Gasteiger partial charge in [0.15, 0.2) is 5.78 Å². The molecular weight excluding hydrogens is 180 g/mol. The zero-order chi connectivity index (χ0) is 10.6. The van der Waals surface area contributed by atoms with Crippen LogP contribution in [0.15, 0.2) is 0 Å². The molecule has 1 aliphatic rings. The molecule has 14 heavy (non-hydrogen) atoms. The SMILES string of the molecule is CC(C)N(CCO)CC1NCCC1=O. The molecule has 0 aromatic heterocycles. The summed E-state index contributed by atoms with van der Waals surface area (Å²) in [7, 11) is 0. The number of nitrogens with zero attached hydrogens (tertiary/aromatic N) is 1. The van der Waals surface area contributed by atoms with Gasteiger partial charge in [0.25, 0.3) is 0 Å². The average molecular weight is 200 g/mol. The van der Waals surface area contributed by atoms with Gasteiger partial charge in [-0.25, -0.2) is 0 Å². The summed E-state index contributed by atoms with van der Waals surface area (Å²) < 4.78 is 0. The summed E-state index contributed by atoms with van der Waals surface area (Å²) in [5.41, 5.74) is 0. The van der Waals surface area contributed by atoms with E-state index < -0.39 is 0 Å². The van der Waals surface area contributed by atoms with Gasteiger partial charge in [-0.3, -0.25) is 9.69 Å². The van der Waals surface area contributed by atoms with Crippen LogP contribution in [0.3, 0.4) is 0 Å². The maximum atomic E-state index is 11.4. The average Bonchev–Trinajstić information content (AvgIpc) is 2.51. The molecule has 0 bridgehead atoms. The van der Waals surface area contributed by atoms with Crippen LogP contribution in [0.2, 0.25) is 0 Å². The highest BCUT2D eigenvalue weighted by Crippen LogP contribution is 2.05. The van der Waals surface area contributed by atoms with E-state index in [2.05, 4.69) is 24.1 Å². The van der Waals surface area contributed by atoms with Crippen molar-refractivity contribution in [3.8, 4) is 0 Å². The van der Waals surface area contributed by atoms with Crippen molar-refractivity contribution in [2.24, 2.45) is 0 Å². The van der Waals surface area contributed by atoms with Crippen molar-refractivity contribution in [3.63, 3.8) is 0 Å². The number of nitrogens with one attached hydrogen (secondary N) is 1. The number of aliphatic hydroxyl groups is 1. The summed E-state index contributed by atoms with van der Waals surface area (Å²) in [6.45, 7) is 6.47. The zero-order valence-corrected chi connectivity index (χ0v) is 8.99. The van der Waals surface area contributed by atoms with Gasteiger partial charge in [-0.05, 0) is 13.8 Å². The minimum atomic E-state index is -0.0241.